The van der Waals surface area contributed by atoms with Gasteiger partial charge >= 0.3 is 0 Å². The Morgan fingerprint density at radius 3 is 2.92 bits per heavy atom. The van der Waals surface area contributed by atoms with Gasteiger partial charge in [-0.3, -0.25) is 5.10 Å². The molecule has 0 amide bonds. The summed E-state index contributed by atoms with van der Waals surface area (Å²) in [5.41, 5.74) is 0. The van der Waals surface area contributed by atoms with Gasteiger partial charge in [-0.25, -0.2) is 0 Å². The summed E-state index contributed by atoms with van der Waals surface area (Å²) in [5.74, 6) is 1.90. The van der Waals surface area contributed by atoms with Crippen molar-refractivity contribution in [3.63, 3.8) is 0 Å². The number of nitrogens with zero attached hydrogens (tertiary/aromatic N) is 1. The van der Waals surface area contributed by atoms with Gasteiger partial charge in [-0.1, -0.05) is 36.9 Å². The molecule has 68 valence electrons. The van der Waals surface area contributed by atoms with E-state index < -0.39 is 0 Å². The Hall–Kier alpha value is 0.130. The predicted molar refractivity (Wildman–Crippen MR) is 57.5 cm³/mol. The summed E-state index contributed by atoms with van der Waals surface area (Å²) >= 11 is 8.25. The number of H-pyrrole nitrogens is 1. The number of rotatable bonds is 4. The number of hydrogen-bond acceptors (Lipinski definition) is 4. The molecule has 12 heavy (non-hydrogen) atoms. The molecule has 0 spiro atoms. The van der Waals surface area contributed by atoms with Gasteiger partial charge in [0, 0.05) is 5.75 Å². The smallest absolute Gasteiger partial charge is 0.177 e. The van der Waals surface area contributed by atoms with Crippen molar-refractivity contribution in [2.75, 3.05) is 5.75 Å². The Balaban J connectivity index is 2.29. The summed E-state index contributed by atoms with van der Waals surface area (Å²) in [4.78, 5) is 0. The van der Waals surface area contributed by atoms with E-state index in [0.717, 1.165) is 20.0 Å². The highest BCUT2D eigenvalue weighted by molar-refractivity contribution is 8.01. The minimum Gasteiger partial charge on any atom is -0.257 e. The molecule has 1 aromatic rings. The van der Waals surface area contributed by atoms with Crippen LogP contribution in [0.3, 0.4) is 0 Å². The van der Waals surface area contributed by atoms with E-state index in [9.17, 15) is 0 Å². The molecule has 0 aromatic carbocycles. The quantitative estimate of drug-likeness (QED) is 0.623. The zero-order valence-corrected chi connectivity index (χ0v) is 9.61. The van der Waals surface area contributed by atoms with Crippen molar-refractivity contribution in [2.45, 2.75) is 24.6 Å². The summed E-state index contributed by atoms with van der Waals surface area (Å²) in [6.07, 6.45) is 1.23. The van der Waals surface area contributed by atoms with E-state index in [4.69, 9.17) is 12.2 Å². The van der Waals surface area contributed by atoms with Crippen LogP contribution in [-0.2, 0) is 0 Å². The molecule has 0 bridgehead atoms. The van der Waals surface area contributed by atoms with Gasteiger partial charge in [0.15, 0.2) is 8.29 Å². The summed E-state index contributed by atoms with van der Waals surface area (Å²) < 4.78 is 1.82. The molecule has 1 heterocycles. The zero-order chi connectivity index (χ0) is 8.97. The Morgan fingerprint density at radius 1 is 1.67 bits per heavy atom. The second-order valence-corrected chi connectivity index (χ2v) is 5.92. The highest BCUT2D eigenvalue weighted by Crippen LogP contribution is 2.21. The van der Waals surface area contributed by atoms with E-state index in [2.05, 4.69) is 24.0 Å². The average molecular weight is 220 g/mol. The third-order valence-corrected chi connectivity index (χ3v) is 3.60. The third-order valence-electron chi connectivity index (χ3n) is 1.34. The largest absolute Gasteiger partial charge is 0.257 e. The minimum absolute atomic E-state index is 0.766. The normalized spacial score (nSPS) is 10.9. The van der Waals surface area contributed by atoms with Crippen LogP contribution in [0, 0.1) is 9.87 Å². The van der Waals surface area contributed by atoms with E-state index >= 15 is 0 Å². The van der Waals surface area contributed by atoms with Gasteiger partial charge in [0.1, 0.15) is 0 Å². The maximum atomic E-state index is 4.92. The first-order valence-electron chi connectivity index (χ1n) is 3.87. The summed E-state index contributed by atoms with van der Waals surface area (Å²) in [7, 11) is 0. The van der Waals surface area contributed by atoms with Gasteiger partial charge < -0.3 is 0 Å². The minimum atomic E-state index is 0.766. The number of nitrogens with one attached hydrogen (secondary N) is 1. The van der Waals surface area contributed by atoms with Crippen LogP contribution in [0.4, 0.5) is 0 Å². The topological polar surface area (TPSA) is 28.7 Å². The van der Waals surface area contributed by atoms with Gasteiger partial charge in [0.05, 0.1) is 0 Å². The summed E-state index contributed by atoms with van der Waals surface area (Å²) in [5, 5.41) is 6.83. The van der Waals surface area contributed by atoms with Gasteiger partial charge in [0.25, 0.3) is 0 Å². The van der Waals surface area contributed by atoms with Crippen LogP contribution in [0.5, 0.6) is 0 Å². The van der Waals surface area contributed by atoms with Crippen LogP contribution in [0.15, 0.2) is 4.34 Å². The van der Waals surface area contributed by atoms with Gasteiger partial charge in [-0.2, -0.15) is 5.10 Å². The van der Waals surface area contributed by atoms with Crippen LogP contribution < -0.4 is 0 Å². The fraction of sp³-hybridized carbons (Fsp3) is 0.714. The molecule has 0 atom stereocenters. The van der Waals surface area contributed by atoms with Crippen LogP contribution in [0.25, 0.3) is 0 Å². The van der Waals surface area contributed by atoms with Crippen LogP contribution in [0.2, 0.25) is 0 Å². The molecule has 1 rings (SSSR count). The van der Waals surface area contributed by atoms with Gasteiger partial charge in [-0.15, -0.1) is 0 Å². The Morgan fingerprint density at radius 2 is 2.42 bits per heavy atom. The lowest BCUT2D eigenvalue weighted by Gasteiger charge is -2.00. The first kappa shape index (κ1) is 10.2. The van der Waals surface area contributed by atoms with E-state index in [1.807, 2.05) is 0 Å². The van der Waals surface area contributed by atoms with Crippen molar-refractivity contribution >= 4 is 35.3 Å². The SMILES string of the molecule is CC(C)CCSc1n[nH]c(=S)s1. The molecule has 5 heteroatoms. The monoisotopic (exact) mass is 220 g/mol. The van der Waals surface area contributed by atoms with Gasteiger partial charge in [0.2, 0.25) is 0 Å². The molecule has 0 unspecified atom stereocenters. The number of aromatic nitrogens is 2. The second kappa shape index (κ2) is 4.99. The second-order valence-electron chi connectivity index (χ2n) is 2.91. The maximum absolute atomic E-state index is 4.92. The highest BCUT2D eigenvalue weighted by Gasteiger charge is 1.99. The molecule has 0 aliphatic heterocycles. The number of hydrogen-bond donors (Lipinski definition) is 1. The molecular weight excluding hydrogens is 208 g/mol. The molecule has 1 aromatic heterocycles. The standard InChI is InChI=1S/C7H12N2S3/c1-5(2)3-4-11-7-9-8-6(10)12-7/h5H,3-4H2,1-2H3,(H,8,10). The van der Waals surface area contributed by atoms with E-state index in [0.29, 0.717) is 0 Å². The van der Waals surface area contributed by atoms with Crippen LogP contribution in [0.1, 0.15) is 20.3 Å². The van der Waals surface area contributed by atoms with E-state index in [1.165, 1.54) is 6.42 Å². The fourth-order valence-corrected chi connectivity index (χ4v) is 3.05. The van der Waals surface area contributed by atoms with Crippen molar-refractivity contribution in [3.05, 3.63) is 3.95 Å². The Bertz CT molecular complexity index is 276. The van der Waals surface area contributed by atoms with Crippen molar-refractivity contribution in [1.82, 2.24) is 10.2 Å². The van der Waals surface area contributed by atoms with Crippen molar-refractivity contribution in [2.24, 2.45) is 5.92 Å². The molecule has 0 radical (unpaired) electrons. The molecule has 0 saturated carbocycles. The van der Waals surface area contributed by atoms with Crippen molar-refractivity contribution in [3.8, 4) is 0 Å². The molecule has 0 aliphatic rings. The van der Waals surface area contributed by atoms with Crippen LogP contribution in [-0.4, -0.2) is 16.0 Å². The van der Waals surface area contributed by atoms with Crippen molar-refractivity contribution in [1.29, 1.82) is 0 Å². The zero-order valence-electron chi connectivity index (χ0n) is 7.16. The van der Waals surface area contributed by atoms with E-state index in [1.54, 1.807) is 23.1 Å². The molecule has 2 nitrogen and oxygen atoms in total. The summed E-state index contributed by atoms with van der Waals surface area (Å²) in [6, 6.07) is 0. The molecular formula is C7H12N2S3. The molecule has 0 fully saturated rings. The Labute approximate surface area is 85.8 Å². The molecule has 0 saturated heterocycles. The van der Waals surface area contributed by atoms with Crippen molar-refractivity contribution < 1.29 is 0 Å². The van der Waals surface area contributed by atoms with Gasteiger partial charge in [-0.05, 0) is 24.6 Å². The number of aromatic amines is 1. The molecule has 1 N–H and O–H groups in total. The fourth-order valence-electron chi connectivity index (χ4n) is 0.660. The average Bonchev–Trinajstić information content (AvgIpc) is 2.35. The maximum Gasteiger partial charge on any atom is 0.177 e. The Kier molecular flexibility index (Phi) is 4.25. The van der Waals surface area contributed by atoms with E-state index in [-0.39, 0.29) is 0 Å². The summed E-state index contributed by atoms with van der Waals surface area (Å²) in [6.45, 7) is 4.46. The first-order valence-corrected chi connectivity index (χ1v) is 6.08. The predicted octanol–water partition coefficient (Wildman–Crippen LogP) is 3.34. The lowest BCUT2D eigenvalue weighted by Crippen LogP contribution is -1.88. The first-order chi connectivity index (χ1) is 5.68. The number of thioether (sulfide) groups is 1. The lowest BCUT2D eigenvalue weighted by molar-refractivity contribution is 0.632. The third kappa shape index (κ3) is 3.69. The molecule has 0 aliphatic carbocycles. The lowest BCUT2D eigenvalue weighted by atomic mass is 10.2. The van der Waals surface area contributed by atoms with Crippen LogP contribution >= 0.6 is 35.3 Å². The highest BCUT2D eigenvalue weighted by atomic mass is 32.2.